The molecule has 0 aliphatic heterocycles. The molecule has 3 aromatic rings. The van der Waals surface area contributed by atoms with Gasteiger partial charge in [-0.2, -0.15) is 0 Å². The minimum atomic E-state index is -1.01. The Bertz CT molecular complexity index is 1100. The minimum absolute atomic E-state index is 0.162. The first kappa shape index (κ1) is 31.9. The Morgan fingerprint density at radius 2 is 1.15 bits per heavy atom. The molecule has 5 nitrogen and oxygen atoms in total. The Hall–Kier alpha value is -2.61. The Labute approximate surface area is 251 Å². The molecule has 214 valence electrons. The molecule has 0 saturated heterocycles. The van der Waals surface area contributed by atoms with Crippen LogP contribution in [-0.4, -0.2) is 48.9 Å². The molecule has 0 radical (unpaired) electrons. The van der Waals surface area contributed by atoms with Crippen LogP contribution in [0, 0.1) is 5.41 Å². The minimum Gasteiger partial charge on any atom is -0.465 e. The van der Waals surface area contributed by atoms with Crippen LogP contribution in [0.3, 0.4) is 0 Å². The molecule has 0 aliphatic rings. The van der Waals surface area contributed by atoms with Crippen LogP contribution in [0.25, 0.3) is 0 Å². The van der Waals surface area contributed by atoms with E-state index in [2.05, 4.69) is 88.7 Å². The van der Waals surface area contributed by atoms with Gasteiger partial charge < -0.3 is 14.2 Å². The molecule has 0 aromatic heterocycles. The fourth-order valence-electron chi connectivity index (χ4n) is 4.76. The summed E-state index contributed by atoms with van der Waals surface area (Å²) < 4.78 is 14.5. The van der Waals surface area contributed by atoms with Gasteiger partial charge in [0.2, 0.25) is 0 Å². The predicted octanol–water partition coefficient (Wildman–Crippen LogP) is 7.40. The highest BCUT2D eigenvalue weighted by Gasteiger charge is 2.42. The molecule has 0 saturated carbocycles. The largest absolute Gasteiger partial charge is 0.465 e. The standard InChI is InChI=1S/C33H39BrO5S/c1-31(2,25-32(3,34)30(36)39-23-22-37-4)29(35)38-21-14-24-40-33(26-15-8-5-9-16-26,27-17-10-6-11-18-27)28-19-12-7-13-20-28/h5-13,15-20H,14,21-25H2,1-4H3. The molecule has 0 bridgehead atoms. The molecule has 0 N–H and O–H groups in total. The normalized spacial score (nSPS) is 13.3. The third-order valence-corrected chi connectivity index (χ3v) is 8.89. The maximum Gasteiger partial charge on any atom is 0.322 e. The van der Waals surface area contributed by atoms with Crippen molar-refractivity contribution in [2.45, 2.75) is 42.7 Å². The van der Waals surface area contributed by atoms with E-state index in [1.54, 1.807) is 27.9 Å². The van der Waals surface area contributed by atoms with Gasteiger partial charge in [-0.3, -0.25) is 9.59 Å². The molecular weight excluding hydrogens is 588 g/mol. The molecule has 0 heterocycles. The van der Waals surface area contributed by atoms with E-state index in [1.165, 1.54) is 16.7 Å². The van der Waals surface area contributed by atoms with Crippen molar-refractivity contribution in [3.63, 3.8) is 0 Å². The van der Waals surface area contributed by atoms with Crippen LogP contribution in [0.2, 0.25) is 0 Å². The first-order valence-electron chi connectivity index (χ1n) is 13.5. The number of carbonyl (C=O) groups excluding carboxylic acids is 2. The van der Waals surface area contributed by atoms with E-state index in [0.717, 1.165) is 5.75 Å². The van der Waals surface area contributed by atoms with Gasteiger partial charge >= 0.3 is 11.9 Å². The smallest absolute Gasteiger partial charge is 0.322 e. The van der Waals surface area contributed by atoms with Crippen molar-refractivity contribution in [3.05, 3.63) is 108 Å². The van der Waals surface area contributed by atoms with Gasteiger partial charge in [-0.1, -0.05) is 107 Å². The van der Waals surface area contributed by atoms with Gasteiger partial charge in [0.25, 0.3) is 0 Å². The highest BCUT2D eigenvalue weighted by molar-refractivity contribution is 9.10. The van der Waals surface area contributed by atoms with E-state index in [0.29, 0.717) is 19.6 Å². The summed E-state index contributed by atoms with van der Waals surface area (Å²) in [6, 6.07) is 31.6. The van der Waals surface area contributed by atoms with E-state index in [-0.39, 0.29) is 19.0 Å². The maximum absolute atomic E-state index is 13.0. The first-order chi connectivity index (χ1) is 19.1. The lowest BCUT2D eigenvalue weighted by Gasteiger charge is -2.35. The van der Waals surface area contributed by atoms with Gasteiger partial charge in [0, 0.05) is 7.11 Å². The fourth-order valence-corrected chi connectivity index (χ4v) is 7.05. The molecule has 0 aliphatic carbocycles. The second-order valence-corrected chi connectivity index (χ2v) is 13.6. The number of rotatable bonds is 15. The summed E-state index contributed by atoms with van der Waals surface area (Å²) in [4.78, 5) is 25.5. The number of alkyl halides is 1. The van der Waals surface area contributed by atoms with Gasteiger partial charge in [0.15, 0.2) is 0 Å². The summed E-state index contributed by atoms with van der Waals surface area (Å²) in [5, 5.41) is 0. The number of ether oxygens (including phenoxy) is 3. The highest BCUT2D eigenvalue weighted by Crippen LogP contribution is 2.48. The van der Waals surface area contributed by atoms with E-state index in [1.807, 2.05) is 30.0 Å². The van der Waals surface area contributed by atoms with Gasteiger partial charge in [-0.15, -0.1) is 11.8 Å². The van der Waals surface area contributed by atoms with Crippen molar-refractivity contribution in [3.8, 4) is 0 Å². The summed E-state index contributed by atoms with van der Waals surface area (Å²) in [6.07, 6.45) is 0.921. The van der Waals surface area contributed by atoms with Crippen LogP contribution >= 0.6 is 27.7 Å². The molecule has 1 unspecified atom stereocenters. The molecule has 0 spiro atoms. The zero-order chi connectivity index (χ0) is 29.1. The van der Waals surface area contributed by atoms with E-state index in [9.17, 15) is 9.59 Å². The van der Waals surface area contributed by atoms with E-state index < -0.39 is 20.5 Å². The second-order valence-electron chi connectivity index (χ2n) is 10.5. The Kier molecular flexibility index (Phi) is 11.9. The average molecular weight is 628 g/mol. The molecule has 40 heavy (non-hydrogen) atoms. The number of benzene rings is 3. The highest BCUT2D eigenvalue weighted by atomic mass is 79.9. The summed E-state index contributed by atoms with van der Waals surface area (Å²) in [5.74, 6) is 0.00295. The van der Waals surface area contributed by atoms with Crippen LogP contribution in [0.1, 0.15) is 50.3 Å². The van der Waals surface area contributed by atoms with E-state index >= 15 is 0 Å². The summed E-state index contributed by atoms with van der Waals surface area (Å²) in [6.45, 7) is 6.06. The average Bonchev–Trinajstić information content (AvgIpc) is 2.96. The molecule has 0 amide bonds. The van der Waals surface area contributed by atoms with Crippen molar-refractivity contribution in [1.29, 1.82) is 0 Å². The zero-order valence-electron chi connectivity index (χ0n) is 23.7. The first-order valence-corrected chi connectivity index (χ1v) is 15.2. The van der Waals surface area contributed by atoms with Crippen LogP contribution < -0.4 is 0 Å². The number of thioether (sulfide) groups is 1. The number of carbonyl (C=O) groups is 2. The van der Waals surface area contributed by atoms with Crippen LogP contribution in [-0.2, 0) is 28.5 Å². The zero-order valence-corrected chi connectivity index (χ0v) is 26.1. The Morgan fingerprint density at radius 3 is 1.60 bits per heavy atom. The predicted molar refractivity (Wildman–Crippen MR) is 166 cm³/mol. The number of hydrogen-bond donors (Lipinski definition) is 0. The quantitative estimate of drug-likeness (QED) is 0.0758. The number of hydrogen-bond acceptors (Lipinski definition) is 6. The topological polar surface area (TPSA) is 61.8 Å². The van der Waals surface area contributed by atoms with Crippen molar-refractivity contribution in [2.24, 2.45) is 5.41 Å². The summed E-state index contributed by atoms with van der Waals surface area (Å²) in [5.41, 5.74) is 2.71. The monoisotopic (exact) mass is 626 g/mol. The molecule has 1 atom stereocenters. The maximum atomic E-state index is 13.0. The van der Waals surface area contributed by atoms with Gasteiger partial charge in [0.05, 0.1) is 23.4 Å². The third-order valence-electron chi connectivity index (χ3n) is 6.65. The van der Waals surface area contributed by atoms with Crippen molar-refractivity contribution in [2.75, 3.05) is 32.7 Å². The van der Waals surface area contributed by atoms with Gasteiger partial charge in [-0.05, 0) is 56.1 Å². The fraction of sp³-hybridized carbons (Fsp3) is 0.394. The molecule has 0 fully saturated rings. The van der Waals surface area contributed by atoms with Crippen molar-refractivity contribution in [1.82, 2.24) is 0 Å². The molecule has 3 aromatic carbocycles. The SMILES string of the molecule is COCCOC(=O)C(C)(Br)CC(C)(C)C(=O)OCCCSC(c1ccccc1)(c1ccccc1)c1ccccc1. The number of esters is 2. The Balaban J connectivity index is 1.67. The molecular formula is C33H39BrO5S. The van der Waals surface area contributed by atoms with Crippen LogP contribution in [0.15, 0.2) is 91.0 Å². The number of halogens is 1. The number of methoxy groups -OCH3 is 1. The Morgan fingerprint density at radius 1 is 0.700 bits per heavy atom. The summed E-state index contributed by atoms with van der Waals surface area (Å²) in [7, 11) is 1.55. The third kappa shape index (κ3) is 8.21. The lowest BCUT2D eigenvalue weighted by Crippen LogP contribution is -2.40. The summed E-state index contributed by atoms with van der Waals surface area (Å²) >= 11 is 5.30. The second kappa shape index (κ2) is 14.9. The van der Waals surface area contributed by atoms with E-state index in [4.69, 9.17) is 14.2 Å². The van der Waals surface area contributed by atoms with Crippen molar-refractivity contribution >= 4 is 39.6 Å². The van der Waals surface area contributed by atoms with Crippen LogP contribution in [0.5, 0.6) is 0 Å². The molecule has 7 heteroatoms. The molecule has 3 rings (SSSR count). The van der Waals surface area contributed by atoms with Gasteiger partial charge in [0.1, 0.15) is 10.9 Å². The lowest BCUT2D eigenvalue weighted by atomic mass is 9.83. The van der Waals surface area contributed by atoms with Crippen LogP contribution in [0.4, 0.5) is 0 Å². The lowest BCUT2D eigenvalue weighted by molar-refractivity contribution is -0.156. The van der Waals surface area contributed by atoms with Crippen molar-refractivity contribution < 1.29 is 23.8 Å². The van der Waals surface area contributed by atoms with Gasteiger partial charge in [-0.25, -0.2) is 0 Å².